The van der Waals surface area contributed by atoms with E-state index in [1.54, 1.807) is 25.1 Å². The molecule has 0 saturated carbocycles. The summed E-state index contributed by atoms with van der Waals surface area (Å²) in [5, 5.41) is 2.89. The number of anilines is 2. The monoisotopic (exact) mass is 365 g/mol. The lowest BCUT2D eigenvalue weighted by molar-refractivity contribution is -0.118. The Morgan fingerprint density at radius 2 is 1.74 bits per heavy atom. The van der Waals surface area contributed by atoms with Gasteiger partial charge in [-0.3, -0.25) is 9.36 Å². The highest BCUT2D eigenvalue weighted by Crippen LogP contribution is 2.23. The van der Waals surface area contributed by atoms with Crippen LogP contribution in [0.3, 0.4) is 0 Å². The van der Waals surface area contributed by atoms with Gasteiger partial charge in [-0.2, -0.15) is 0 Å². The van der Waals surface area contributed by atoms with Crippen LogP contribution in [0.4, 0.5) is 11.4 Å². The first-order valence-electron chi connectivity index (χ1n) is 9.39. The van der Waals surface area contributed by atoms with E-state index in [0.717, 1.165) is 13.1 Å². The maximum atomic E-state index is 12.7. The summed E-state index contributed by atoms with van der Waals surface area (Å²) in [5.41, 5.74) is 2.99. The number of amides is 1. The van der Waals surface area contributed by atoms with Crippen molar-refractivity contribution in [1.82, 2.24) is 4.57 Å². The average molecular weight is 365 g/mol. The summed E-state index contributed by atoms with van der Waals surface area (Å²) < 4.78 is 6.61. The minimum absolute atomic E-state index is 0.255. The van der Waals surface area contributed by atoms with E-state index < -0.39 is 11.8 Å². The van der Waals surface area contributed by atoms with Crippen LogP contribution in [0.25, 0.3) is 11.1 Å². The summed E-state index contributed by atoms with van der Waals surface area (Å²) >= 11 is 0. The highest BCUT2D eigenvalue weighted by atomic mass is 16.4. The van der Waals surface area contributed by atoms with Crippen LogP contribution in [0.2, 0.25) is 0 Å². The molecule has 0 spiro atoms. The zero-order valence-corrected chi connectivity index (χ0v) is 15.4. The summed E-state index contributed by atoms with van der Waals surface area (Å²) in [7, 11) is 0. The van der Waals surface area contributed by atoms with Crippen molar-refractivity contribution < 1.29 is 9.21 Å². The maximum absolute atomic E-state index is 12.7. The Morgan fingerprint density at radius 3 is 2.48 bits per heavy atom. The third kappa shape index (κ3) is 3.47. The third-order valence-electron chi connectivity index (χ3n) is 5.14. The Labute approximate surface area is 157 Å². The molecule has 4 rings (SSSR count). The van der Waals surface area contributed by atoms with Crippen molar-refractivity contribution in [3.05, 3.63) is 59.1 Å². The van der Waals surface area contributed by atoms with Gasteiger partial charge in [0.05, 0.1) is 5.52 Å². The second kappa shape index (κ2) is 7.31. The Balaban J connectivity index is 1.49. The number of piperidine rings is 1. The molecule has 6 heteroatoms. The van der Waals surface area contributed by atoms with E-state index >= 15 is 0 Å². The van der Waals surface area contributed by atoms with Crippen molar-refractivity contribution in [2.24, 2.45) is 0 Å². The highest BCUT2D eigenvalue weighted by Gasteiger charge is 2.21. The van der Waals surface area contributed by atoms with Gasteiger partial charge in [0, 0.05) is 24.5 Å². The molecule has 3 aromatic rings. The standard InChI is InChI=1S/C21H23N3O3/c1-15(24-18-7-3-4-8-19(18)27-21(24)26)20(25)22-16-9-11-17(12-10-16)23-13-5-2-6-14-23/h3-4,7-12,15H,2,5-6,13-14H2,1H3,(H,22,25)/t15-/m1/s1. The molecular weight excluding hydrogens is 342 g/mol. The van der Waals surface area contributed by atoms with E-state index in [1.165, 1.54) is 29.5 Å². The van der Waals surface area contributed by atoms with Crippen molar-refractivity contribution >= 4 is 28.4 Å². The van der Waals surface area contributed by atoms with Gasteiger partial charge in [-0.1, -0.05) is 12.1 Å². The van der Waals surface area contributed by atoms with Crippen molar-refractivity contribution in [3.8, 4) is 0 Å². The van der Waals surface area contributed by atoms with Gasteiger partial charge in [-0.25, -0.2) is 4.79 Å². The van der Waals surface area contributed by atoms with Crippen LogP contribution in [0.15, 0.2) is 57.7 Å². The van der Waals surface area contributed by atoms with Crippen LogP contribution >= 0.6 is 0 Å². The van der Waals surface area contributed by atoms with E-state index in [1.807, 2.05) is 30.3 Å². The second-order valence-electron chi connectivity index (χ2n) is 6.97. The number of hydrogen-bond donors (Lipinski definition) is 1. The number of carbonyl (C=O) groups excluding carboxylic acids is 1. The maximum Gasteiger partial charge on any atom is 0.420 e. The van der Waals surface area contributed by atoms with Gasteiger partial charge in [-0.05, 0) is 62.6 Å². The average Bonchev–Trinajstić information content (AvgIpc) is 3.04. The fourth-order valence-corrected chi connectivity index (χ4v) is 3.62. The van der Waals surface area contributed by atoms with E-state index in [4.69, 9.17) is 4.42 Å². The van der Waals surface area contributed by atoms with Crippen LogP contribution in [0, 0.1) is 0 Å². The molecule has 140 valence electrons. The number of nitrogens with one attached hydrogen (secondary N) is 1. The fourth-order valence-electron chi connectivity index (χ4n) is 3.62. The smallest absolute Gasteiger partial charge is 0.408 e. The number of para-hydroxylation sites is 2. The summed E-state index contributed by atoms with van der Waals surface area (Å²) in [6.07, 6.45) is 3.75. The number of carbonyl (C=O) groups is 1. The molecule has 1 N–H and O–H groups in total. The predicted molar refractivity (Wildman–Crippen MR) is 106 cm³/mol. The molecule has 1 aromatic heterocycles. The molecule has 2 heterocycles. The van der Waals surface area contributed by atoms with Gasteiger partial charge < -0.3 is 14.6 Å². The highest BCUT2D eigenvalue weighted by molar-refractivity contribution is 5.94. The first kappa shape index (κ1) is 17.4. The normalized spacial score (nSPS) is 15.7. The largest absolute Gasteiger partial charge is 0.420 e. The Kier molecular flexibility index (Phi) is 4.71. The molecule has 1 atom stereocenters. The van der Waals surface area contributed by atoms with E-state index in [2.05, 4.69) is 10.2 Å². The number of oxazole rings is 1. The van der Waals surface area contributed by atoms with Crippen LogP contribution in [0.5, 0.6) is 0 Å². The molecule has 0 bridgehead atoms. The number of fused-ring (bicyclic) bond motifs is 1. The van der Waals surface area contributed by atoms with Gasteiger partial charge >= 0.3 is 5.76 Å². The van der Waals surface area contributed by atoms with Crippen LogP contribution in [0.1, 0.15) is 32.2 Å². The lowest BCUT2D eigenvalue weighted by Gasteiger charge is -2.28. The molecule has 1 aliphatic rings. The van der Waals surface area contributed by atoms with Crippen molar-refractivity contribution in [3.63, 3.8) is 0 Å². The molecule has 0 unspecified atom stereocenters. The molecule has 1 aliphatic heterocycles. The van der Waals surface area contributed by atoms with Crippen molar-refractivity contribution in [1.29, 1.82) is 0 Å². The Hall–Kier alpha value is -3.02. The summed E-state index contributed by atoms with van der Waals surface area (Å²) in [6.45, 7) is 3.86. The minimum Gasteiger partial charge on any atom is -0.408 e. The molecule has 0 radical (unpaired) electrons. The van der Waals surface area contributed by atoms with E-state index in [-0.39, 0.29) is 5.91 Å². The molecule has 1 saturated heterocycles. The molecule has 1 amide bonds. The van der Waals surface area contributed by atoms with Gasteiger partial charge in [0.25, 0.3) is 0 Å². The predicted octanol–water partition coefficient (Wildman–Crippen LogP) is 3.78. The molecule has 0 aliphatic carbocycles. The molecule has 2 aromatic carbocycles. The Morgan fingerprint density at radius 1 is 1.04 bits per heavy atom. The number of rotatable bonds is 4. The van der Waals surface area contributed by atoms with Gasteiger partial charge in [0.15, 0.2) is 5.58 Å². The van der Waals surface area contributed by atoms with Crippen LogP contribution < -0.4 is 16.0 Å². The number of benzene rings is 2. The van der Waals surface area contributed by atoms with Crippen LogP contribution in [-0.4, -0.2) is 23.6 Å². The van der Waals surface area contributed by atoms with E-state index in [9.17, 15) is 9.59 Å². The summed E-state index contributed by atoms with van der Waals surface area (Å²) in [5.74, 6) is -0.784. The first-order valence-corrected chi connectivity index (χ1v) is 9.39. The molecule has 6 nitrogen and oxygen atoms in total. The fraction of sp³-hybridized carbons (Fsp3) is 0.333. The second-order valence-corrected chi connectivity index (χ2v) is 6.97. The summed E-state index contributed by atoms with van der Waals surface area (Å²) in [4.78, 5) is 27.2. The van der Waals surface area contributed by atoms with Crippen LogP contribution in [-0.2, 0) is 4.79 Å². The van der Waals surface area contributed by atoms with E-state index in [0.29, 0.717) is 16.8 Å². The number of hydrogen-bond acceptors (Lipinski definition) is 4. The van der Waals surface area contributed by atoms with Gasteiger partial charge in [0.2, 0.25) is 5.91 Å². The minimum atomic E-state index is -0.678. The molecule has 27 heavy (non-hydrogen) atoms. The quantitative estimate of drug-likeness (QED) is 0.764. The van der Waals surface area contributed by atoms with Gasteiger partial charge in [0.1, 0.15) is 6.04 Å². The van der Waals surface area contributed by atoms with Crippen molar-refractivity contribution in [2.75, 3.05) is 23.3 Å². The first-order chi connectivity index (χ1) is 13.1. The zero-order valence-electron chi connectivity index (χ0n) is 15.4. The SMILES string of the molecule is C[C@H](C(=O)Nc1ccc(N2CCCCC2)cc1)n1c(=O)oc2ccccc21. The number of nitrogens with zero attached hydrogens (tertiary/aromatic N) is 2. The molecular formula is C21H23N3O3. The van der Waals surface area contributed by atoms with Crippen molar-refractivity contribution in [2.45, 2.75) is 32.2 Å². The third-order valence-corrected chi connectivity index (χ3v) is 5.14. The topological polar surface area (TPSA) is 67.5 Å². The van der Waals surface area contributed by atoms with Gasteiger partial charge in [-0.15, -0.1) is 0 Å². The number of aromatic nitrogens is 1. The molecule has 1 fully saturated rings. The lowest BCUT2D eigenvalue weighted by Crippen LogP contribution is -2.30. The summed E-state index contributed by atoms with van der Waals surface area (Å²) in [6, 6.07) is 14.3. The zero-order chi connectivity index (χ0) is 18.8. The lowest BCUT2D eigenvalue weighted by atomic mass is 10.1. The Bertz CT molecular complexity index is 997.